The van der Waals surface area contributed by atoms with Gasteiger partial charge in [-0.2, -0.15) is 0 Å². The van der Waals surface area contributed by atoms with E-state index in [-0.39, 0.29) is 0 Å². The molecule has 1 aromatic carbocycles. The van der Waals surface area contributed by atoms with E-state index >= 15 is 0 Å². The van der Waals surface area contributed by atoms with Crippen LogP contribution in [0.3, 0.4) is 0 Å². The topological polar surface area (TPSA) is 40.7 Å². The van der Waals surface area contributed by atoms with Gasteiger partial charge in [-0.1, -0.05) is 29.8 Å². The second-order valence-corrected chi connectivity index (χ2v) is 4.45. The molecule has 2 heterocycles. The summed E-state index contributed by atoms with van der Waals surface area (Å²) in [5.74, 6) is 0.894. The maximum atomic E-state index is 4.50. The summed E-state index contributed by atoms with van der Waals surface area (Å²) in [7, 11) is 0. The first-order valence-corrected chi connectivity index (χ1v) is 6.05. The number of aryl methyl sites for hydroxylation is 1. The molecule has 18 heavy (non-hydrogen) atoms. The van der Waals surface area contributed by atoms with E-state index in [4.69, 9.17) is 0 Å². The Kier molecular flexibility index (Phi) is 2.73. The van der Waals surface area contributed by atoms with E-state index in [1.165, 1.54) is 11.1 Å². The predicted octanol–water partition coefficient (Wildman–Crippen LogP) is 3.48. The zero-order valence-corrected chi connectivity index (χ0v) is 10.3. The van der Waals surface area contributed by atoms with Gasteiger partial charge in [-0.15, -0.1) is 0 Å². The Morgan fingerprint density at radius 2 is 1.89 bits per heavy atom. The Balaban J connectivity index is 1.74. The van der Waals surface area contributed by atoms with E-state index in [1.807, 2.05) is 18.3 Å². The van der Waals surface area contributed by atoms with Crippen LogP contribution in [0.4, 0.5) is 5.82 Å². The fourth-order valence-corrected chi connectivity index (χ4v) is 1.93. The van der Waals surface area contributed by atoms with Crippen molar-refractivity contribution in [3.05, 3.63) is 59.8 Å². The van der Waals surface area contributed by atoms with Gasteiger partial charge >= 0.3 is 0 Å². The summed E-state index contributed by atoms with van der Waals surface area (Å²) in [6, 6.07) is 14.6. The zero-order valence-electron chi connectivity index (χ0n) is 10.3. The molecule has 0 fully saturated rings. The van der Waals surface area contributed by atoms with Crippen molar-refractivity contribution < 1.29 is 0 Å². The Morgan fingerprint density at radius 1 is 1.06 bits per heavy atom. The third kappa shape index (κ3) is 2.20. The first-order chi connectivity index (χ1) is 8.81. The lowest BCUT2D eigenvalue weighted by Gasteiger charge is -2.06. The number of hydrogen-bond acceptors (Lipinski definition) is 2. The number of pyridine rings is 1. The minimum Gasteiger partial charge on any atom is -0.366 e. The quantitative estimate of drug-likeness (QED) is 0.732. The lowest BCUT2D eigenvalue weighted by molar-refractivity contribution is 1.11. The monoisotopic (exact) mass is 237 g/mol. The Labute approximate surface area is 106 Å². The van der Waals surface area contributed by atoms with Crippen molar-refractivity contribution in [2.45, 2.75) is 13.5 Å². The molecule has 0 aliphatic heterocycles. The molecule has 0 aliphatic carbocycles. The molecule has 90 valence electrons. The number of aromatic amines is 1. The highest BCUT2D eigenvalue weighted by molar-refractivity contribution is 5.77. The lowest BCUT2D eigenvalue weighted by Crippen LogP contribution is -2.01. The molecule has 0 saturated heterocycles. The number of hydrogen-bond donors (Lipinski definition) is 2. The van der Waals surface area contributed by atoms with Crippen LogP contribution in [0.25, 0.3) is 11.0 Å². The molecule has 0 radical (unpaired) electrons. The smallest absolute Gasteiger partial charge is 0.139 e. The molecule has 3 aromatic rings. The van der Waals surface area contributed by atoms with Crippen LogP contribution in [0.5, 0.6) is 0 Å². The van der Waals surface area contributed by atoms with E-state index in [9.17, 15) is 0 Å². The van der Waals surface area contributed by atoms with Crippen molar-refractivity contribution >= 4 is 16.9 Å². The van der Waals surface area contributed by atoms with Crippen LogP contribution in [-0.4, -0.2) is 9.97 Å². The summed E-state index contributed by atoms with van der Waals surface area (Å²) >= 11 is 0. The zero-order chi connectivity index (χ0) is 12.4. The number of H-pyrrole nitrogens is 1. The first kappa shape index (κ1) is 10.8. The van der Waals surface area contributed by atoms with Gasteiger partial charge in [0.05, 0.1) is 0 Å². The molecule has 0 unspecified atom stereocenters. The summed E-state index contributed by atoms with van der Waals surface area (Å²) in [5.41, 5.74) is 3.46. The van der Waals surface area contributed by atoms with Crippen LogP contribution in [0.1, 0.15) is 11.1 Å². The summed E-state index contributed by atoms with van der Waals surface area (Å²) in [6.07, 6.45) is 1.90. The van der Waals surface area contributed by atoms with Gasteiger partial charge in [0, 0.05) is 18.1 Å². The molecule has 0 atom stereocenters. The predicted molar refractivity (Wildman–Crippen MR) is 74.6 cm³/mol. The van der Waals surface area contributed by atoms with Gasteiger partial charge in [-0.3, -0.25) is 0 Å². The Hall–Kier alpha value is -2.29. The Bertz CT molecular complexity index is 653. The number of benzene rings is 1. The van der Waals surface area contributed by atoms with Crippen LogP contribution >= 0.6 is 0 Å². The molecule has 0 bridgehead atoms. The molecule has 3 nitrogen and oxygen atoms in total. The fraction of sp³-hybridized carbons (Fsp3) is 0.133. The number of nitrogens with zero attached hydrogens (tertiary/aromatic N) is 1. The van der Waals surface area contributed by atoms with E-state index in [1.54, 1.807) is 0 Å². The normalized spacial score (nSPS) is 10.7. The van der Waals surface area contributed by atoms with Crippen molar-refractivity contribution in [3.63, 3.8) is 0 Å². The molecule has 0 saturated carbocycles. The standard InChI is InChI=1S/C15H15N3/c1-11-2-4-12(5-3-11)10-17-14-7-6-13-8-9-16-15(13)18-14/h2-9H,10H2,1H3,(H2,16,17,18). The summed E-state index contributed by atoms with van der Waals surface area (Å²) < 4.78 is 0. The van der Waals surface area contributed by atoms with E-state index in [2.05, 4.69) is 52.5 Å². The minimum atomic E-state index is 0.791. The molecule has 0 aliphatic rings. The van der Waals surface area contributed by atoms with Crippen LogP contribution in [0.15, 0.2) is 48.7 Å². The number of nitrogens with one attached hydrogen (secondary N) is 2. The van der Waals surface area contributed by atoms with E-state index < -0.39 is 0 Å². The van der Waals surface area contributed by atoms with Gasteiger partial charge in [0.2, 0.25) is 0 Å². The second-order valence-electron chi connectivity index (χ2n) is 4.45. The third-order valence-corrected chi connectivity index (χ3v) is 3.00. The number of aromatic nitrogens is 2. The molecule has 0 spiro atoms. The molecule has 3 rings (SSSR count). The minimum absolute atomic E-state index is 0.791. The van der Waals surface area contributed by atoms with Gasteiger partial charge in [-0.05, 0) is 30.7 Å². The second kappa shape index (κ2) is 4.53. The maximum Gasteiger partial charge on any atom is 0.139 e. The van der Waals surface area contributed by atoms with Crippen molar-refractivity contribution in [1.82, 2.24) is 9.97 Å². The van der Waals surface area contributed by atoms with Crippen molar-refractivity contribution in [2.24, 2.45) is 0 Å². The average molecular weight is 237 g/mol. The van der Waals surface area contributed by atoms with Crippen LogP contribution in [0.2, 0.25) is 0 Å². The van der Waals surface area contributed by atoms with Crippen molar-refractivity contribution in [3.8, 4) is 0 Å². The number of anilines is 1. The van der Waals surface area contributed by atoms with Crippen LogP contribution in [0, 0.1) is 6.92 Å². The molecular formula is C15H15N3. The maximum absolute atomic E-state index is 4.50. The number of fused-ring (bicyclic) bond motifs is 1. The highest BCUT2D eigenvalue weighted by Gasteiger charge is 1.99. The lowest BCUT2D eigenvalue weighted by atomic mass is 10.1. The van der Waals surface area contributed by atoms with Gasteiger partial charge in [0.25, 0.3) is 0 Å². The van der Waals surface area contributed by atoms with Crippen molar-refractivity contribution in [2.75, 3.05) is 5.32 Å². The van der Waals surface area contributed by atoms with Gasteiger partial charge in [0.15, 0.2) is 0 Å². The molecular weight excluding hydrogens is 222 g/mol. The van der Waals surface area contributed by atoms with Crippen LogP contribution < -0.4 is 5.32 Å². The molecule has 2 aromatic heterocycles. The van der Waals surface area contributed by atoms with Gasteiger partial charge in [-0.25, -0.2) is 4.98 Å². The summed E-state index contributed by atoms with van der Waals surface area (Å²) in [6.45, 7) is 2.89. The number of rotatable bonds is 3. The molecule has 0 amide bonds. The third-order valence-electron chi connectivity index (χ3n) is 3.00. The molecule has 3 heteroatoms. The average Bonchev–Trinajstić information content (AvgIpc) is 2.85. The van der Waals surface area contributed by atoms with Crippen LogP contribution in [-0.2, 0) is 6.54 Å². The first-order valence-electron chi connectivity index (χ1n) is 6.05. The van der Waals surface area contributed by atoms with Gasteiger partial charge in [0.1, 0.15) is 11.5 Å². The van der Waals surface area contributed by atoms with E-state index in [0.29, 0.717) is 0 Å². The fourth-order valence-electron chi connectivity index (χ4n) is 1.93. The van der Waals surface area contributed by atoms with Gasteiger partial charge < -0.3 is 10.3 Å². The molecule has 2 N–H and O–H groups in total. The highest BCUT2D eigenvalue weighted by Crippen LogP contribution is 2.14. The SMILES string of the molecule is Cc1ccc(CNc2ccc3cc[nH]c3n2)cc1. The van der Waals surface area contributed by atoms with E-state index in [0.717, 1.165) is 23.4 Å². The Morgan fingerprint density at radius 3 is 2.72 bits per heavy atom. The summed E-state index contributed by atoms with van der Waals surface area (Å²) in [5, 5.41) is 4.47. The highest BCUT2D eigenvalue weighted by atomic mass is 15.0. The summed E-state index contributed by atoms with van der Waals surface area (Å²) in [4.78, 5) is 7.62. The largest absolute Gasteiger partial charge is 0.366 e. The van der Waals surface area contributed by atoms with Crippen molar-refractivity contribution in [1.29, 1.82) is 0 Å².